The Labute approximate surface area is 130 Å². The van der Waals surface area contributed by atoms with Crippen LogP contribution in [0, 0.1) is 5.92 Å². The maximum Gasteiger partial charge on any atom is 0.185 e. The van der Waals surface area contributed by atoms with Crippen LogP contribution in [-0.2, 0) is 0 Å². The third-order valence-electron chi connectivity index (χ3n) is 4.21. The van der Waals surface area contributed by atoms with E-state index < -0.39 is 0 Å². The summed E-state index contributed by atoms with van der Waals surface area (Å²) < 4.78 is 11.6. The van der Waals surface area contributed by atoms with Gasteiger partial charge in [0.2, 0.25) is 0 Å². The second kappa shape index (κ2) is 6.79. The molecule has 0 saturated carbocycles. The Bertz CT molecular complexity index is 627. The van der Waals surface area contributed by atoms with E-state index in [1.54, 1.807) is 6.07 Å². The first kappa shape index (κ1) is 14.9. The molecule has 1 aliphatic heterocycles. The Morgan fingerprint density at radius 3 is 2.73 bits per heavy atom. The number of hydrogen-bond donors (Lipinski definition) is 0. The number of carbonyl (C=O) groups is 1. The molecule has 0 amide bonds. The number of rotatable bonds is 5. The van der Waals surface area contributed by atoms with Gasteiger partial charge in [0.25, 0.3) is 0 Å². The van der Waals surface area contributed by atoms with Crippen LogP contribution in [0.15, 0.2) is 40.8 Å². The molecular formula is C18H21NO3. The number of carbonyl (C=O) groups excluding carboxylic acids is 1. The number of furan rings is 1. The molecule has 0 aliphatic carbocycles. The monoisotopic (exact) mass is 299 g/mol. The highest BCUT2D eigenvalue weighted by Crippen LogP contribution is 2.31. The maximum absolute atomic E-state index is 10.8. The molecule has 1 saturated heterocycles. The van der Waals surface area contributed by atoms with Crippen molar-refractivity contribution in [3.8, 4) is 17.1 Å². The lowest BCUT2D eigenvalue weighted by Crippen LogP contribution is -2.32. The van der Waals surface area contributed by atoms with Crippen molar-refractivity contribution in [3.05, 3.63) is 42.2 Å². The highest BCUT2D eigenvalue weighted by atomic mass is 16.5. The molecule has 0 N–H and O–H groups in total. The van der Waals surface area contributed by atoms with Crippen molar-refractivity contribution >= 4 is 6.29 Å². The van der Waals surface area contributed by atoms with Crippen LogP contribution < -0.4 is 4.74 Å². The summed E-state index contributed by atoms with van der Waals surface area (Å²) in [7, 11) is 2.16. The van der Waals surface area contributed by atoms with E-state index in [1.165, 1.54) is 12.8 Å². The van der Waals surface area contributed by atoms with Gasteiger partial charge in [0.1, 0.15) is 11.5 Å². The summed E-state index contributed by atoms with van der Waals surface area (Å²) in [6.45, 7) is 3.00. The molecule has 4 heteroatoms. The standard InChI is InChI=1S/C18H21NO3/c1-19-10-8-14(9-11-19)13-21-17-5-3-2-4-16(17)18-7-6-15(12-20)22-18/h2-7,12,14H,8-11,13H2,1H3. The Hall–Kier alpha value is -2.07. The van der Waals surface area contributed by atoms with Crippen LogP contribution in [0.2, 0.25) is 0 Å². The number of ether oxygens (including phenoxy) is 1. The maximum atomic E-state index is 10.8. The van der Waals surface area contributed by atoms with E-state index in [9.17, 15) is 4.79 Å². The number of likely N-dealkylation sites (tertiary alicyclic amines) is 1. The molecule has 0 spiro atoms. The zero-order valence-electron chi connectivity index (χ0n) is 12.8. The minimum absolute atomic E-state index is 0.333. The van der Waals surface area contributed by atoms with Gasteiger partial charge in [-0.25, -0.2) is 0 Å². The first-order chi connectivity index (χ1) is 10.8. The number of benzene rings is 1. The van der Waals surface area contributed by atoms with E-state index in [-0.39, 0.29) is 0 Å². The predicted octanol–water partition coefficient (Wildman–Crippen LogP) is 3.48. The molecule has 116 valence electrons. The summed E-state index contributed by atoms with van der Waals surface area (Å²) in [5, 5.41) is 0. The summed E-state index contributed by atoms with van der Waals surface area (Å²) in [6.07, 6.45) is 3.06. The molecular weight excluding hydrogens is 278 g/mol. The van der Waals surface area contributed by atoms with Crippen molar-refractivity contribution < 1.29 is 13.9 Å². The van der Waals surface area contributed by atoms with Gasteiger partial charge in [-0.1, -0.05) is 12.1 Å². The first-order valence-electron chi connectivity index (χ1n) is 7.72. The molecule has 2 aromatic rings. The van der Waals surface area contributed by atoms with Crippen molar-refractivity contribution in [2.24, 2.45) is 5.92 Å². The van der Waals surface area contributed by atoms with Gasteiger partial charge in [-0.15, -0.1) is 0 Å². The fourth-order valence-corrected chi connectivity index (χ4v) is 2.79. The molecule has 1 aromatic carbocycles. The van der Waals surface area contributed by atoms with Gasteiger partial charge in [0, 0.05) is 0 Å². The van der Waals surface area contributed by atoms with Crippen molar-refractivity contribution in [1.82, 2.24) is 4.90 Å². The average Bonchev–Trinajstić information content (AvgIpc) is 3.03. The average molecular weight is 299 g/mol. The van der Waals surface area contributed by atoms with Crippen LogP contribution >= 0.6 is 0 Å². The van der Waals surface area contributed by atoms with Crippen LogP contribution in [0.1, 0.15) is 23.4 Å². The second-order valence-corrected chi connectivity index (χ2v) is 5.87. The van der Waals surface area contributed by atoms with Crippen molar-refractivity contribution in [1.29, 1.82) is 0 Å². The lowest BCUT2D eigenvalue weighted by atomic mass is 9.98. The normalized spacial score (nSPS) is 16.6. The van der Waals surface area contributed by atoms with Crippen LogP contribution in [0.4, 0.5) is 0 Å². The topological polar surface area (TPSA) is 42.7 Å². The number of nitrogens with zero attached hydrogens (tertiary/aromatic N) is 1. The van der Waals surface area contributed by atoms with E-state index in [4.69, 9.17) is 9.15 Å². The summed E-state index contributed by atoms with van der Waals surface area (Å²) in [5.74, 6) is 2.42. The van der Waals surface area contributed by atoms with E-state index in [0.717, 1.165) is 31.0 Å². The van der Waals surface area contributed by atoms with E-state index in [0.29, 0.717) is 23.7 Å². The molecule has 0 bridgehead atoms. The Morgan fingerprint density at radius 1 is 1.23 bits per heavy atom. The molecule has 22 heavy (non-hydrogen) atoms. The summed E-state index contributed by atoms with van der Waals surface area (Å²) in [5.41, 5.74) is 0.892. The van der Waals surface area contributed by atoms with Crippen LogP contribution in [0.5, 0.6) is 5.75 Å². The third kappa shape index (κ3) is 3.39. The number of para-hydroxylation sites is 1. The summed E-state index contributed by atoms with van der Waals surface area (Å²) in [6, 6.07) is 11.3. The fourth-order valence-electron chi connectivity index (χ4n) is 2.79. The van der Waals surface area contributed by atoms with Gasteiger partial charge in [-0.05, 0) is 63.2 Å². The van der Waals surface area contributed by atoms with Crippen LogP contribution in [0.25, 0.3) is 11.3 Å². The van der Waals surface area contributed by atoms with Crippen LogP contribution in [0.3, 0.4) is 0 Å². The number of piperidine rings is 1. The smallest absolute Gasteiger partial charge is 0.185 e. The van der Waals surface area contributed by atoms with Crippen molar-refractivity contribution in [2.75, 3.05) is 26.7 Å². The zero-order chi connectivity index (χ0) is 15.4. The minimum Gasteiger partial charge on any atom is -0.493 e. The quantitative estimate of drug-likeness (QED) is 0.793. The van der Waals surface area contributed by atoms with E-state index in [1.807, 2.05) is 30.3 Å². The minimum atomic E-state index is 0.333. The lowest BCUT2D eigenvalue weighted by Gasteiger charge is -2.28. The molecule has 1 fully saturated rings. The van der Waals surface area contributed by atoms with Crippen molar-refractivity contribution in [2.45, 2.75) is 12.8 Å². The molecule has 3 rings (SSSR count). The molecule has 4 nitrogen and oxygen atoms in total. The Morgan fingerprint density at radius 2 is 2.00 bits per heavy atom. The molecule has 0 unspecified atom stereocenters. The van der Waals surface area contributed by atoms with Gasteiger partial charge < -0.3 is 14.1 Å². The van der Waals surface area contributed by atoms with Gasteiger partial charge in [0.15, 0.2) is 12.0 Å². The van der Waals surface area contributed by atoms with Crippen LogP contribution in [-0.4, -0.2) is 37.9 Å². The predicted molar refractivity (Wildman–Crippen MR) is 85.2 cm³/mol. The molecule has 0 atom stereocenters. The van der Waals surface area contributed by atoms with Gasteiger partial charge in [0.05, 0.1) is 12.2 Å². The third-order valence-corrected chi connectivity index (χ3v) is 4.21. The molecule has 2 heterocycles. The zero-order valence-corrected chi connectivity index (χ0v) is 12.8. The molecule has 0 radical (unpaired) electrons. The fraction of sp³-hybridized carbons (Fsp3) is 0.389. The Balaban J connectivity index is 1.70. The SMILES string of the molecule is CN1CCC(COc2ccccc2-c2ccc(C=O)o2)CC1. The first-order valence-corrected chi connectivity index (χ1v) is 7.72. The second-order valence-electron chi connectivity index (χ2n) is 5.87. The lowest BCUT2D eigenvalue weighted by molar-refractivity contribution is 0.110. The van der Waals surface area contributed by atoms with E-state index in [2.05, 4.69) is 11.9 Å². The Kier molecular flexibility index (Phi) is 4.59. The highest BCUT2D eigenvalue weighted by molar-refractivity contribution is 5.74. The summed E-state index contributed by atoms with van der Waals surface area (Å²) in [4.78, 5) is 13.1. The van der Waals surface area contributed by atoms with Gasteiger partial charge >= 0.3 is 0 Å². The van der Waals surface area contributed by atoms with E-state index >= 15 is 0 Å². The largest absolute Gasteiger partial charge is 0.493 e. The molecule has 1 aromatic heterocycles. The van der Waals surface area contributed by atoms with Crippen molar-refractivity contribution in [3.63, 3.8) is 0 Å². The number of hydrogen-bond acceptors (Lipinski definition) is 4. The highest BCUT2D eigenvalue weighted by Gasteiger charge is 2.18. The van der Waals surface area contributed by atoms with Gasteiger partial charge in [-0.2, -0.15) is 0 Å². The van der Waals surface area contributed by atoms with Gasteiger partial charge in [-0.3, -0.25) is 4.79 Å². The molecule has 1 aliphatic rings. The summed E-state index contributed by atoms with van der Waals surface area (Å²) >= 11 is 0. The number of aldehydes is 1.